The van der Waals surface area contributed by atoms with Crippen molar-refractivity contribution in [3.8, 4) is 0 Å². The summed E-state index contributed by atoms with van der Waals surface area (Å²) in [6.45, 7) is 2.58. The van der Waals surface area contributed by atoms with Gasteiger partial charge in [-0.1, -0.05) is 0 Å². The van der Waals surface area contributed by atoms with Crippen molar-refractivity contribution in [2.24, 2.45) is 0 Å². The maximum absolute atomic E-state index is 5.79. The molecule has 4 heteroatoms. The quantitative estimate of drug-likeness (QED) is 0.748. The lowest BCUT2D eigenvalue weighted by molar-refractivity contribution is 0.170. The van der Waals surface area contributed by atoms with Crippen molar-refractivity contribution in [1.82, 2.24) is 10.3 Å². The third-order valence-electron chi connectivity index (χ3n) is 2.14. The zero-order valence-electron chi connectivity index (χ0n) is 8.87. The molecule has 1 unspecified atom stereocenters. The number of pyridine rings is 1. The van der Waals surface area contributed by atoms with Gasteiger partial charge in [0.25, 0.3) is 0 Å². The van der Waals surface area contributed by atoms with E-state index in [-0.39, 0.29) is 6.04 Å². The third kappa shape index (κ3) is 2.43. The van der Waals surface area contributed by atoms with Gasteiger partial charge in [-0.2, -0.15) is 0 Å². The number of rotatable bonds is 4. The average molecular weight is 195 g/mol. The zero-order valence-corrected chi connectivity index (χ0v) is 8.87. The molecule has 0 aromatic carbocycles. The van der Waals surface area contributed by atoms with E-state index in [1.807, 2.05) is 20.0 Å². The number of aromatic nitrogens is 1. The molecular weight excluding hydrogens is 178 g/mol. The van der Waals surface area contributed by atoms with Crippen LogP contribution in [-0.4, -0.2) is 25.7 Å². The zero-order chi connectivity index (χ0) is 10.6. The van der Waals surface area contributed by atoms with Crippen LogP contribution >= 0.6 is 0 Å². The van der Waals surface area contributed by atoms with Gasteiger partial charge in [0.15, 0.2) is 0 Å². The SMILES string of the molecule is CNC(COC)c1cc(C)cnc1N. The summed E-state index contributed by atoms with van der Waals surface area (Å²) in [5, 5.41) is 3.14. The Morgan fingerprint density at radius 1 is 1.64 bits per heavy atom. The van der Waals surface area contributed by atoms with Crippen molar-refractivity contribution in [1.29, 1.82) is 0 Å². The molecule has 0 spiro atoms. The van der Waals surface area contributed by atoms with E-state index >= 15 is 0 Å². The second-order valence-electron chi connectivity index (χ2n) is 3.28. The number of nitrogens with two attached hydrogens (primary N) is 1. The van der Waals surface area contributed by atoms with Crippen LogP contribution in [0.4, 0.5) is 5.82 Å². The van der Waals surface area contributed by atoms with Gasteiger partial charge in [-0.25, -0.2) is 4.98 Å². The van der Waals surface area contributed by atoms with Crippen LogP contribution in [0.15, 0.2) is 12.3 Å². The number of anilines is 1. The number of aryl methyl sites for hydroxylation is 1. The van der Waals surface area contributed by atoms with Crippen molar-refractivity contribution < 1.29 is 4.74 Å². The van der Waals surface area contributed by atoms with Gasteiger partial charge in [-0.3, -0.25) is 0 Å². The fourth-order valence-electron chi connectivity index (χ4n) is 1.38. The number of methoxy groups -OCH3 is 1. The minimum absolute atomic E-state index is 0.104. The van der Waals surface area contributed by atoms with E-state index in [2.05, 4.69) is 10.3 Å². The highest BCUT2D eigenvalue weighted by Gasteiger charge is 2.12. The highest BCUT2D eigenvalue weighted by molar-refractivity contribution is 5.43. The van der Waals surface area contributed by atoms with E-state index in [0.717, 1.165) is 11.1 Å². The summed E-state index contributed by atoms with van der Waals surface area (Å²) >= 11 is 0. The Balaban J connectivity index is 2.96. The van der Waals surface area contributed by atoms with E-state index in [4.69, 9.17) is 10.5 Å². The molecule has 0 aliphatic heterocycles. The van der Waals surface area contributed by atoms with Crippen LogP contribution in [0.25, 0.3) is 0 Å². The average Bonchev–Trinajstić information content (AvgIpc) is 2.18. The first kappa shape index (κ1) is 10.9. The van der Waals surface area contributed by atoms with Gasteiger partial charge in [0, 0.05) is 18.9 Å². The third-order valence-corrected chi connectivity index (χ3v) is 2.14. The Morgan fingerprint density at radius 2 is 2.36 bits per heavy atom. The first-order valence-electron chi connectivity index (χ1n) is 4.57. The summed E-state index contributed by atoms with van der Waals surface area (Å²) in [7, 11) is 3.55. The van der Waals surface area contributed by atoms with Crippen molar-refractivity contribution in [3.63, 3.8) is 0 Å². The summed E-state index contributed by atoms with van der Waals surface area (Å²) in [5.74, 6) is 0.562. The molecule has 0 saturated heterocycles. The number of likely N-dealkylation sites (N-methyl/N-ethyl adjacent to an activating group) is 1. The minimum atomic E-state index is 0.104. The first-order chi connectivity index (χ1) is 6.69. The summed E-state index contributed by atoms with van der Waals surface area (Å²) < 4.78 is 5.10. The number of nitrogens with one attached hydrogen (secondary N) is 1. The number of hydrogen-bond acceptors (Lipinski definition) is 4. The lowest BCUT2D eigenvalue weighted by Crippen LogP contribution is -2.22. The summed E-state index contributed by atoms with van der Waals surface area (Å²) in [6.07, 6.45) is 1.76. The van der Waals surface area contributed by atoms with Crippen LogP contribution in [0.3, 0.4) is 0 Å². The van der Waals surface area contributed by atoms with Crippen molar-refractivity contribution in [3.05, 3.63) is 23.4 Å². The molecular formula is C10H17N3O. The van der Waals surface area contributed by atoms with Gasteiger partial charge in [0.2, 0.25) is 0 Å². The van der Waals surface area contributed by atoms with Gasteiger partial charge < -0.3 is 15.8 Å². The Morgan fingerprint density at radius 3 is 2.93 bits per heavy atom. The van der Waals surface area contributed by atoms with E-state index in [1.54, 1.807) is 13.3 Å². The second kappa shape index (κ2) is 4.93. The smallest absolute Gasteiger partial charge is 0.128 e. The Labute approximate surface area is 84.5 Å². The molecule has 1 aromatic heterocycles. The molecule has 1 atom stereocenters. The number of nitrogen functional groups attached to an aromatic ring is 1. The Hall–Kier alpha value is -1.13. The normalized spacial score (nSPS) is 12.8. The molecule has 0 bridgehead atoms. The molecule has 78 valence electrons. The lowest BCUT2D eigenvalue weighted by atomic mass is 10.1. The topological polar surface area (TPSA) is 60.2 Å². The molecule has 0 radical (unpaired) electrons. The molecule has 1 aromatic rings. The van der Waals surface area contributed by atoms with Gasteiger partial charge in [0.1, 0.15) is 5.82 Å². The monoisotopic (exact) mass is 195 g/mol. The van der Waals surface area contributed by atoms with Crippen molar-refractivity contribution in [2.45, 2.75) is 13.0 Å². The molecule has 3 N–H and O–H groups in total. The molecule has 0 fully saturated rings. The number of nitrogens with zero attached hydrogens (tertiary/aromatic N) is 1. The summed E-state index contributed by atoms with van der Waals surface area (Å²) in [4.78, 5) is 4.11. The molecule has 0 amide bonds. The maximum Gasteiger partial charge on any atom is 0.128 e. The Kier molecular flexibility index (Phi) is 3.85. The predicted molar refractivity (Wildman–Crippen MR) is 57.1 cm³/mol. The van der Waals surface area contributed by atoms with E-state index in [9.17, 15) is 0 Å². The number of hydrogen-bond donors (Lipinski definition) is 2. The van der Waals surface area contributed by atoms with Crippen LogP contribution in [0.2, 0.25) is 0 Å². The molecule has 0 saturated carbocycles. The lowest BCUT2D eigenvalue weighted by Gasteiger charge is -2.17. The van der Waals surface area contributed by atoms with E-state index in [1.165, 1.54) is 0 Å². The van der Waals surface area contributed by atoms with Crippen LogP contribution in [0.5, 0.6) is 0 Å². The second-order valence-corrected chi connectivity index (χ2v) is 3.28. The van der Waals surface area contributed by atoms with Gasteiger partial charge in [0.05, 0.1) is 12.6 Å². The van der Waals surface area contributed by atoms with E-state index in [0.29, 0.717) is 12.4 Å². The van der Waals surface area contributed by atoms with E-state index < -0.39 is 0 Å². The van der Waals surface area contributed by atoms with Gasteiger partial charge >= 0.3 is 0 Å². The van der Waals surface area contributed by atoms with Gasteiger partial charge in [-0.05, 0) is 25.6 Å². The van der Waals surface area contributed by atoms with Crippen LogP contribution in [-0.2, 0) is 4.74 Å². The van der Waals surface area contributed by atoms with Crippen LogP contribution < -0.4 is 11.1 Å². The fraction of sp³-hybridized carbons (Fsp3) is 0.500. The molecule has 0 aliphatic carbocycles. The van der Waals surface area contributed by atoms with Crippen molar-refractivity contribution in [2.75, 3.05) is 26.5 Å². The van der Waals surface area contributed by atoms with Crippen LogP contribution in [0, 0.1) is 6.92 Å². The Bertz CT molecular complexity index is 301. The minimum Gasteiger partial charge on any atom is -0.383 e. The van der Waals surface area contributed by atoms with Crippen LogP contribution in [0.1, 0.15) is 17.2 Å². The highest BCUT2D eigenvalue weighted by Crippen LogP contribution is 2.19. The fourth-order valence-corrected chi connectivity index (χ4v) is 1.38. The summed E-state index contributed by atoms with van der Waals surface area (Å²) in [6, 6.07) is 2.13. The predicted octanol–water partition coefficient (Wildman–Crippen LogP) is 0.879. The molecule has 4 nitrogen and oxygen atoms in total. The first-order valence-corrected chi connectivity index (χ1v) is 4.57. The van der Waals surface area contributed by atoms with Crippen molar-refractivity contribution >= 4 is 5.82 Å². The summed E-state index contributed by atoms with van der Waals surface area (Å²) in [5.41, 5.74) is 7.89. The van der Waals surface area contributed by atoms with Gasteiger partial charge in [-0.15, -0.1) is 0 Å². The standard InChI is InChI=1S/C10H17N3O/c1-7-4-8(10(11)13-5-7)9(12-2)6-14-3/h4-5,9,12H,6H2,1-3H3,(H2,11,13). The molecule has 14 heavy (non-hydrogen) atoms. The number of ether oxygens (including phenoxy) is 1. The highest BCUT2D eigenvalue weighted by atomic mass is 16.5. The largest absolute Gasteiger partial charge is 0.383 e. The molecule has 0 aliphatic rings. The molecule has 1 rings (SSSR count). The maximum atomic E-state index is 5.79. The molecule has 1 heterocycles.